The average Bonchev–Trinajstić information content (AvgIpc) is 2.96. The first-order valence-corrected chi connectivity index (χ1v) is 6.32. The smallest absolute Gasteiger partial charge is 0.120 e. The number of furan rings is 1. The Morgan fingerprint density at radius 1 is 1.62 bits per heavy atom. The lowest BCUT2D eigenvalue weighted by atomic mass is 10.2. The van der Waals surface area contributed by atoms with Crippen molar-refractivity contribution in [1.29, 1.82) is 0 Å². The fourth-order valence-corrected chi connectivity index (χ4v) is 2.36. The molecule has 1 saturated heterocycles. The van der Waals surface area contributed by atoms with Crippen molar-refractivity contribution in [2.24, 2.45) is 0 Å². The Bertz CT molecular complexity index is 297. The van der Waals surface area contributed by atoms with Crippen molar-refractivity contribution in [3.8, 4) is 0 Å². The summed E-state index contributed by atoms with van der Waals surface area (Å²) in [5, 5.41) is 3.59. The molecule has 0 amide bonds. The van der Waals surface area contributed by atoms with E-state index in [0.29, 0.717) is 12.1 Å². The lowest BCUT2D eigenvalue weighted by molar-refractivity contribution is 0.226. The fraction of sp³-hybridized carbons (Fsp3) is 0.692. The molecule has 90 valence electrons. The summed E-state index contributed by atoms with van der Waals surface area (Å²) in [5.41, 5.74) is 0. The molecule has 0 aromatic carbocycles. The standard InChI is InChI=1S/C13H22N2O/c1-3-7-14-12-6-8-15(10-12)11(2)13-5-4-9-16-13/h4-5,9,11-12,14H,3,6-8,10H2,1-2H3. The number of hydrogen-bond acceptors (Lipinski definition) is 3. The molecule has 3 nitrogen and oxygen atoms in total. The van der Waals surface area contributed by atoms with Crippen molar-refractivity contribution in [2.75, 3.05) is 19.6 Å². The number of nitrogens with zero attached hydrogens (tertiary/aromatic N) is 1. The first-order valence-electron chi connectivity index (χ1n) is 6.32. The maximum Gasteiger partial charge on any atom is 0.120 e. The summed E-state index contributed by atoms with van der Waals surface area (Å²) in [5.74, 6) is 1.08. The molecule has 0 spiro atoms. The summed E-state index contributed by atoms with van der Waals surface area (Å²) >= 11 is 0. The highest BCUT2D eigenvalue weighted by Gasteiger charge is 2.27. The van der Waals surface area contributed by atoms with E-state index >= 15 is 0 Å². The molecule has 2 heterocycles. The van der Waals surface area contributed by atoms with Crippen molar-refractivity contribution >= 4 is 0 Å². The normalized spacial score (nSPS) is 23.8. The van der Waals surface area contributed by atoms with Gasteiger partial charge in [0.05, 0.1) is 12.3 Å². The minimum absolute atomic E-state index is 0.406. The van der Waals surface area contributed by atoms with E-state index < -0.39 is 0 Å². The van der Waals surface area contributed by atoms with Gasteiger partial charge in [0.25, 0.3) is 0 Å². The van der Waals surface area contributed by atoms with Crippen LogP contribution in [0.3, 0.4) is 0 Å². The summed E-state index contributed by atoms with van der Waals surface area (Å²) in [7, 11) is 0. The maximum absolute atomic E-state index is 5.46. The van der Waals surface area contributed by atoms with Crippen LogP contribution in [0.2, 0.25) is 0 Å². The lowest BCUT2D eigenvalue weighted by Crippen LogP contribution is -2.33. The summed E-state index contributed by atoms with van der Waals surface area (Å²) < 4.78 is 5.46. The zero-order valence-corrected chi connectivity index (χ0v) is 10.3. The molecular formula is C13H22N2O. The van der Waals surface area contributed by atoms with Crippen LogP contribution in [0.25, 0.3) is 0 Å². The van der Waals surface area contributed by atoms with Crippen molar-refractivity contribution in [2.45, 2.75) is 38.8 Å². The highest BCUT2D eigenvalue weighted by Crippen LogP contribution is 2.24. The molecular weight excluding hydrogens is 200 g/mol. The van der Waals surface area contributed by atoms with Crippen LogP contribution in [-0.4, -0.2) is 30.6 Å². The zero-order chi connectivity index (χ0) is 11.4. The van der Waals surface area contributed by atoms with Gasteiger partial charge in [-0.2, -0.15) is 0 Å². The van der Waals surface area contributed by atoms with Crippen LogP contribution >= 0.6 is 0 Å². The Kier molecular flexibility index (Phi) is 4.02. The Balaban J connectivity index is 1.84. The molecule has 0 bridgehead atoms. The van der Waals surface area contributed by atoms with E-state index in [1.165, 1.54) is 19.4 Å². The molecule has 0 aliphatic carbocycles. The number of likely N-dealkylation sites (tertiary alicyclic amines) is 1. The molecule has 1 aliphatic heterocycles. The summed E-state index contributed by atoms with van der Waals surface area (Å²) in [6, 6.07) is 5.10. The SMILES string of the molecule is CCCNC1CCN(C(C)c2ccco2)C1. The summed E-state index contributed by atoms with van der Waals surface area (Å²) in [6.07, 6.45) is 4.23. The highest BCUT2D eigenvalue weighted by molar-refractivity contribution is 5.04. The molecule has 0 saturated carbocycles. The first-order chi connectivity index (χ1) is 7.81. The predicted molar refractivity (Wildman–Crippen MR) is 65.4 cm³/mol. The van der Waals surface area contributed by atoms with Crippen LogP contribution in [0, 0.1) is 0 Å². The predicted octanol–water partition coefficient (Wildman–Crippen LogP) is 2.41. The van der Waals surface area contributed by atoms with Crippen molar-refractivity contribution in [3.05, 3.63) is 24.2 Å². The number of rotatable bonds is 5. The molecule has 1 aromatic rings. The topological polar surface area (TPSA) is 28.4 Å². The summed E-state index contributed by atoms with van der Waals surface area (Å²) in [4.78, 5) is 2.49. The Hall–Kier alpha value is -0.800. The molecule has 2 unspecified atom stereocenters. The fourth-order valence-electron chi connectivity index (χ4n) is 2.36. The van der Waals surface area contributed by atoms with Gasteiger partial charge < -0.3 is 9.73 Å². The molecule has 2 atom stereocenters. The van der Waals surface area contributed by atoms with Gasteiger partial charge in [0.15, 0.2) is 0 Å². The second-order valence-corrected chi connectivity index (χ2v) is 4.63. The van der Waals surface area contributed by atoms with E-state index in [-0.39, 0.29) is 0 Å². The van der Waals surface area contributed by atoms with Gasteiger partial charge >= 0.3 is 0 Å². The third kappa shape index (κ3) is 2.66. The molecule has 1 aliphatic rings. The van der Waals surface area contributed by atoms with Gasteiger partial charge in [-0.25, -0.2) is 0 Å². The van der Waals surface area contributed by atoms with E-state index in [0.717, 1.165) is 18.8 Å². The van der Waals surface area contributed by atoms with Gasteiger partial charge in [0.2, 0.25) is 0 Å². The van der Waals surface area contributed by atoms with Gasteiger partial charge in [-0.15, -0.1) is 0 Å². The molecule has 2 rings (SSSR count). The molecule has 0 radical (unpaired) electrons. The van der Waals surface area contributed by atoms with Crippen molar-refractivity contribution in [1.82, 2.24) is 10.2 Å². The largest absolute Gasteiger partial charge is 0.468 e. The molecule has 16 heavy (non-hydrogen) atoms. The Morgan fingerprint density at radius 3 is 3.19 bits per heavy atom. The molecule has 1 aromatic heterocycles. The van der Waals surface area contributed by atoms with Crippen molar-refractivity contribution < 1.29 is 4.42 Å². The first kappa shape index (κ1) is 11.7. The van der Waals surface area contributed by atoms with Gasteiger partial charge in [-0.05, 0) is 38.4 Å². The zero-order valence-electron chi connectivity index (χ0n) is 10.3. The summed E-state index contributed by atoms with van der Waals surface area (Å²) in [6.45, 7) is 7.88. The number of hydrogen-bond donors (Lipinski definition) is 1. The van der Waals surface area contributed by atoms with Crippen LogP contribution in [0.1, 0.15) is 38.5 Å². The average molecular weight is 222 g/mol. The molecule has 3 heteroatoms. The van der Waals surface area contributed by atoms with E-state index in [9.17, 15) is 0 Å². The van der Waals surface area contributed by atoms with Crippen LogP contribution in [0.15, 0.2) is 22.8 Å². The quantitative estimate of drug-likeness (QED) is 0.829. The number of nitrogens with one attached hydrogen (secondary N) is 1. The molecule has 1 fully saturated rings. The van der Waals surface area contributed by atoms with Gasteiger partial charge in [-0.1, -0.05) is 6.92 Å². The minimum atomic E-state index is 0.406. The van der Waals surface area contributed by atoms with Crippen LogP contribution in [0.4, 0.5) is 0 Å². The van der Waals surface area contributed by atoms with Crippen LogP contribution < -0.4 is 5.32 Å². The van der Waals surface area contributed by atoms with Gasteiger partial charge in [0.1, 0.15) is 5.76 Å². The van der Waals surface area contributed by atoms with E-state index in [2.05, 4.69) is 30.1 Å². The van der Waals surface area contributed by atoms with Gasteiger partial charge in [0, 0.05) is 19.1 Å². The highest BCUT2D eigenvalue weighted by atomic mass is 16.3. The van der Waals surface area contributed by atoms with E-state index in [4.69, 9.17) is 4.42 Å². The van der Waals surface area contributed by atoms with Crippen LogP contribution in [-0.2, 0) is 0 Å². The minimum Gasteiger partial charge on any atom is -0.468 e. The van der Waals surface area contributed by atoms with E-state index in [1.807, 2.05) is 6.07 Å². The maximum atomic E-state index is 5.46. The Morgan fingerprint density at radius 2 is 2.50 bits per heavy atom. The van der Waals surface area contributed by atoms with Crippen LogP contribution in [0.5, 0.6) is 0 Å². The van der Waals surface area contributed by atoms with E-state index in [1.54, 1.807) is 6.26 Å². The van der Waals surface area contributed by atoms with Crippen molar-refractivity contribution in [3.63, 3.8) is 0 Å². The Labute approximate surface area is 97.8 Å². The second kappa shape index (κ2) is 5.51. The lowest BCUT2D eigenvalue weighted by Gasteiger charge is -2.22. The third-order valence-electron chi connectivity index (χ3n) is 3.41. The monoisotopic (exact) mass is 222 g/mol. The molecule has 1 N–H and O–H groups in total. The third-order valence-corrected chi connectivity index (χ3v) is 3.41. The second-order valence-electron chi connectivity index (χ2n) is 4.63. The van der Waals surface area contributed by atoms with Gasteiger partial charge in [-0.3, -0.25) is 4.90 Å².